The number of morpholine rings is 1. The van der Waals surface area contributed by atoms with Crippen LogP contribution in [-0.4, -0.2) is 80.2 Å². The molecule has 2 N–H and O–H groups in total. The Morgan fingerprint density at radius 2 is 1.70 bits per heavy atom. The second-order valence-electron chi connectivity index (χ2n) is 9.09. The van der Waals surface area contributed by atoms with Gasteiger partial charge in [0.25, 0.3) is 5.91 Å². The Hall–Kier alpha value is -1.39. The van der Waals surface area contributed by atoms with E-state index in [0.29, 0.717) is 18.5 Å². The van der Waals surface area contributed by atoms with E-state index in [1.807, 2.05) is 29.2 Å². The van der Waals surface area contributed by atoms with Crippen LogP contribution in [0.2, 0.25) is 0 Å². The Morgan fingerprint density at radius 3 is 2.30 bits per heavy atom. The van der Waals surface area contributed by atoms with E-state index in [1.54, 1.807) is 0 Å². The summed E-state index contributed by atoms with van der Waals surface area (Å²) in [5.74, 6) is 1.53. The number of hydrogen-bond donors (Lipinski definition) is 2. The SMILES string of the molecule is CCNC(=NCc1ccc(C(=O)N2CCCCC2)cc1)NCC(C(C)C)N1CCOCC1.I. The van der Waals surface area contributed by atoms with Crippen LogP contribution in [0.25, 0.3) is 0 Å². The lowest BCUT2D eigenvalue weighted by Crippen LogP contribution is -2.52. The van der Waals surface area contributed by atoms with Gasteiger partial charge in [0.05, 0.1) is 19.8 Å². The van der Waals surface area contributed by atoms with Crippen LogP contribution in [-0.2, 0) is 11.3 Å². The molecule has 1 unspecified atom stereocenters. The summed E-state index contributed by atoms with van der Waals surface area (Å²) >= 11 is 0. The number of carbonyl (C=O) groups is 1. The Bertz CT molecular complexity index is 729. The van der Waals surface area contributed by atoms with E-state index in [0.717, 1.165) is 82.4 Å². The number of nitrogens with zero attached hydrogens (tertiary/aromatic N) is 3. The minimum absolute atomic E-state index is 0. The number of nitrogens with one attached hydrogen (secondary N) is 2. The molecule has 2 heterocycles. The molecule has 186 valence electrons. The zero-order chi connectivity index (χ0) is 22.8. The van der Waals surface area contributed by atoms with Crippen LogP contribution in [0.5, 0.6) is 0 Å². The van der Waals surface area contributed by atoms with Crippen molar-refractivity contribution in [2.45, 2.75) is 52.6 Å². The first-order valence-corrected chi connectivity index (χ1v) is 12.3. The Balaban J connectivity index is 0.00000385. The van der Waals surface area contributed by atoms with E-state index in [9.17, 15) is 4.79 Å². The normalized spacial score (nSPS) is 18.5. The highest BCUT2D eigenvalue weighted by molar-refractivity contribution is 14.0. The van der Waals surface area contributed by atoms with Crippen LogP contribution in [0.1, 0.15) is 56.0 Å². The molecule has 0 bridgehead atoms. The van der Waals surface area contributed by atoms with Gasteiger partial charge in [-0.3, -0.25) is 9.69 Å². The number of benzene rings is 1. The van der Waals surface area contributed by atoms with Crippen molar-refractivity contribution in [1.29, 1.82) is 0 Å². The molecule has 2 saturated heterocycles. The van der Waals surface area contributed by atoms with Crippen LogP contribution < -0.4 is 10.6 Å². The molecule has 0 aliphatic carbocycles. The number of likely N-dealkylation sites (tertiary alicyclic amines) is 1. The average molecular weight is 572 g/mol. The van der Waals surface area contributed by atoms with Crippen LogP contribution in [0.15, 0.2) is 29.3 Å². The topological polar surface area (TPSA) is 69.2 Å². The predicted octanol–water partition coefficient (Wildman–Crippen LogP) is 3.34. The molecule has 0 saturated carbocycles. The van der Waals surface area contributed by atoms with Crippen LogP contribution in [0, 0.1) is 5.92 Å². The largest absolute Gasteiger partial charge is 0.379 e. The van der Waals surface area contributed by atoms with Crippen molar-refractivity contribution in [1.82, 2.24) is 20.4 Å². The van der Waals surface area contributed by atoms with Crippen LogP contribution in [0.4, 0.5) is 0 Å². The number of ether oxygens (including phenoxy) is 1. The number of carbonyl (C=O) groups excluding carboxylic acids is 1. The lowest BCUT2D eigenvalue weighted by Gasteiger charge is -2.37. The summed E-state index contributed by atoms with van der Waals surface area (Å²) in [4.78, 5) is 21.9. The van der Waals surface area contributed by atoms with Crippen molar-refractivity contribution in [3.05, 3.63) is 35.4 Å². The Morgan fingerprint density at radius 1 is 1.03 bits per heavy atom. The maximum atomic E-state index is 12.7. The van der Waals surface area contributed by atoms with Gasteiger partial charge in [0, 0.05) is 50.9 Å². The smallest absolute Gasteiger partial charge is 0.253 e. The van der Waals surface area contributed by atoms with Gasteiger partial charge in [-0.25, -0.2) is 4.99 Å². The van der Waals surface area contributed by atoms with E-state index < -0.39 is 0 Å². The van der Waals surface area contributed by atoms with Crippen molar-refractivity contribution >= 4 is 35.8 Å². The van der Waals surface area contributed by atoms with Crippen molar-refractivity contribution in [2.24, 2.45) is 10.9 Å². The summed E-state index contributed by atoms with van der Waals surface area (Å²) in [6.45, 7) is 14.2. The summed E-state index contributed by atoms with van der Waals surface area (Å²) < 4.78 is 5.52. The number of guanidine groups is 1. The number of piperidine rings is 1. The molecule has 0 aromatic heterocycles. The Labute approximate surface area is 216 Å². The van der Waals surface area contributed by atoms with Gasteiger partial charge in [-0.2, -0.15) is 0 Å². The second-order valence-corrected chi connectivity index (χ2v) is 9.09. The van der Waals surface area contributed by atoms with Crippen LogP contribution >= 0.6 is 24.0 Å². The molecule has 0 spiro atoms. The van der Waals surface area contributed by atoms with Crippen molar-refractivity contribution < 1.29 is 9.53 Å². The Kier molecular flexibility index (Phi) is 12.5. The highest BCUT2D eigenvalue weighted by Gasteiger charge is 2.24. The third-order valence-electron chi connectivity index (χ3n) is 6.37. The molecule has 2 aliphatic heterocycles. The van der Waals surface area contributed by atoms with Crippen molar-refractivity contribution in [2.75, 3.05) is 52.5 Å². The highest BCUT2D eigenvalue weighted by atomic mass is 127. The van der Waals surface area contributed by atoms with Gasteiger partial charge < -0.3 is 20.3 Å². The summed E-state index contributed by atoms with van der Waals surface area (Å²) in [6, 6.07) is 8.37. The third-order valence-corrected chi connectivity index (χ3v) is 6.37. The lowest BCUT2D eigenvalue weighted by molar-refractivity contribution is 0.00752. The van der Waals surface area contributed by atoms with Gasteiger partial charge in [-0.05, 0) is 49.8 Å². The zero-order valence-electron chi connectivity index (χ0n) is 20.5. The minimum Gasteiger partial charge on any atom is -0.379 e. The fraction of sp³-hybridized carbons (Fsp3) is 0.680. The number of rotatable bonds is 8. The molecule has 3 rings (SSSR count). The minimum atomic E-state index is 0. The number of amides is 1. The zero-order valence-corrected chi connectivity index (χ0v) is 22.8. The molecular formula is C25H42IN5O2. The molecule has 1 aromatic rings. The maximum absolute atomic E-state index is 12.7. The second kappa shape index (κ2) is 14.8. The first-order valence-electron chi connectivity index (χ1n) is 12.3. The van der Waals surface area contributed by atoms with Gasteiger partial charge in [0.1, 0.15) is 0 Å². The summed E-state index contributed by atoms with van der Waals surface area (Å²) in [5, 5.41) is 6.90. The lowest BCUT2D eigenvalue weighted by atomic mass is 10.0. The first-order chi connectivity index (χ1) is 15.6. The fourth-order valence-corrected chi connectivity index (χ4v) is 4.44. The van der Waals surface area contributed by atoms with Gasteiger partial charge in [0.2, 0.25) is 0 Å². The third kappa shape index (κ3) is 8.72. The molecule has 8 heteroatoms. The summed E-state index contributed by atoms with van der Waals surface area (Å²) in [7, 11) is 0. The van der Waals surface area contributed by atoms with E-state index >= 15 is 0 Å². The number of aliphatic imine (C=N–C) groups is 1. The van der Waals surface area contributed by atoms with E-state index in [1.165, 1.54) is 6.42 Å². The molecule has 1 atom stereocenters. The van der Waals surface area contributed by atoms with Gasteiger partial charge >= 0.3 is 0 Å². The highest BCUT2D eigenvalue weighted by Crippen LogP contribution is 2.15. The summed E-state index contributed by atoms with van der Waals surface area (Å²) in [5.41, 5.74) is 1.88. The van der Waals surface area contributed by atoms with Gasteiger partial charge in [-0.15, -0.1) is 24.0 Å². The van der Waals surface area contributed by atoms with E-state index in [4.69, 9.17) is 9.73 Å². The maximum Gasteiger partial charge on any atom is 0.253 e. The number of halogens is 1. The van der Waals surface area contributed by atoms with Gasteiger partial charge in [-0.1, -0.05) is 26.0 Å². The first kappa shape index (κ1) is 27.9. The molecule has 1 amide bonds. The van der Waals surface area contributed by atoms with Crippen LogP contribution in [0.3, 0.4) is 0 Å². The molecular weight excluding hydrogens is 529 g/mol. The number of hydrogen-bond acceptors (Lipinski definition) is 4. The van der Waals surface area contributed by atoms with Gasteiger partial charge in [0.15, 0.2) is 5.96 Å². The molecule has 7 nitrogen and oxygen atoms in total. The molecule has 33 heavy (non-hydrogen) atoms. The summed E-state index contributed by atoms with van der Waals surface area (Å²) in [6.07, 6.45) is 3.46. The van der Waals surface area contributed by atoms with Crippen molar-refractivity contribution in [3.63, 3.8) is 0 Å². The monoisotopic (exact) mass is 571 g/mol. The average Bonchev–Trinajstić information content (AvgIpc) is 2.83. The molecule has 2 fully saturated rings. The van der Waals surface area contributed by atoms with E-state index in [-0.39, 0.29) is 29.9 Å². The molecule has 0 radical (unpaired) electrons. The molecule has 2 aliphatic rings. The standard InChI is InChI=1S/C25H41N5O2.HI/c1-4-26-25(28-19-23(20(2)3)29-14-16-32-17-15-29)27-18-21-8-10-22(11-9-21)24(31)30-12-6-5-7-13-30;/h8-11,20,23H,4-7,12-19H2,1-3H3,(H2,26,27,28);1H. The molecule has 1 aromatic carbocycles. The quantitative estimate of drug-likeness (QED) is 0.285. The fourth-order valence-electron chi connectivity index (χ4n) is 4.44. The predicted molar refractivity (Wildman–Crippen MR) is 145 cm³/mol. The van der Waals surface area contributed by atoms with E-state index in [2.05, 4.69) is 36.3 Å². The van der Waals surface area contributed by atoms with Crippen molar-refractivity contribution in [3.8, 4) is 0 Å².